The Bertz CT molecular complexity index is 920. The highest BCUT2D eigenvalue weighted by Crippen LogP contribution is 2.32. The summed E-state index contributed by atoms with van der Waals surface area (Å²) in [6.07, 6.45) is 1.38. The average molecular weight is 339 g/mol. The van der Waals surface area contributed by atoms with Crippen LogP contribution in [0.25, 0.3) is 11.3 Å². The van der Waals surface area contributed by atoms with E-state index in [0.717, 1.165) is 16.1 Å². The van der Waals surface area contributed by atoms with Crippen LogP contribution in [0, 0.1) is 17.0 Å². The van der Waals surface area contributed by atoms with E-state index >= 15 is 0 Å². The maximum Gasteiger partial charge on any atom is 0.270 e. The minimum atomic E-state index is -0.516. The second kappa shape index (κ2) is 6.59. The summed E-state index contributed by atoms with van der Waals surface area (Å²) >= 11 is 1.42. The van der Waals surface area contributed by atoms with Crippen LogP contribution in [0.15, 0.2) is 53.5 Å². The van der Waals surface area contributed by atoms with E-state index in [1.54, 1.807) is 0 Å². The Balaban J connectivity index is 1.91. The summed E-state index contributed by atoms with van der Waals surface area (Å²) in [7, 11) is 0. The number of phenols is 1. The van der Waals surface area contributed by atoms with Crippen molar-refractivity contribution in [3.63, 3.8) is 0 Å². The van der Waals surface area contributed by atoms with Gasteiger partial charge in [0.25, 0.3) is 5.69 Å². The van der Waals surface area contributed by atoms with Crippen molar-refractivity contribution in [1.29, 1.82) is 0 Å². The average Bonchev–Trinajstić information content (AvgIpc) is 2.95. The van der Waals surface area contributed by atoms with E-state index in [-0.39, 0.29) is 17.0 Å². The van der Waals surface area contributed by atoms with Crippen LogP contribution in [0.5, 0.6) is 5.75 Å². The Kier molecular flexibility index (Phi) is 4.35. The van der Waals surface area contributed by atoms with E-state index in [4.69, 9.17) is 0 Å². The number of nitrogens with zero attached hydrogens (tertiary/aromatic N) is 3. The van der Waals surface area contributed by atoms with Crippen molar-refractivity contribution >= 4 is 28.4 Å². The summed E-state index contributed by atoms with van der Waals surface area (Å²) in [6, 6.07) is 13.6. The number of phenolic OH excluding ortho intramolecular Hbond substituents is 1. The Labute approximate surface area is 141 Å². The van der Waals surface area contributed by atoms with E-state index < -0.39 is 4.92 Å². The van der Waals surface area contributed by atoms with Gasteiger partial charge in [-0.25, -0.2) is 9.98 Å². The van der Waals surface area contributed by atoms with Crippen LogP contribution >= 0.6 is 11.3 Å². The number of aliphatic imine (C=N–C) groups is 1. The number of non-ortho nitro benzene ring substituents is 1. The fourth-order valence-electron chi connectivity index (χ4n) is 2.19. The molecule has 7 heteroatoms. The quantitative estimate of drug-likeness (QED) is 0.431. The molecule has 6 nitrogen and oxygen atoms in total. The first kappa shape index (κ1) is 15.8. The molecule has 0 saturated carbocycles. The molecule has 1 heterocycles. The minimum Gasteiger partial charge on any atom is -0.507 e. The third-order valence-corrected chi connectivity index (χ3v) is 4.25. The molecule has 1 aromatic heterocycles. The lowest BCUT2D eigenvalue weighted by atomic mass is 10.1. The first-order chi connectivity index (χ1) is 11.5. The molecule has 0 amide bonds. The van der Waals surface area contributed by atoms with Crippen molar-refractivity contribution in [3.8, 4) is 17.0 Å². The lowest BCUT2D eigenvalue weighted by Gasteiger charge is -1.98. The summed E-state index contributed by atoms with van der Waals surface area (Å²) in [5.41, 5.74) is 2.04. The molecule has 0 radical (unpaired) electrons. The predicted octanol–water partition coefficient (Wildman–Crippen LogP) is 4.48. The molecular formula is C17H13N3O3S. The maximum atomic E-state index is 10.8. The van der Waals surface area contributed by atoms with E-state index in [2.05, 4.69) is 9.98 Å². The number of aromatic hydroxyl groups is 1. The van der Waals surface area contributed by atoms with Gasteiger partial charge < -0.3 is 5.11 Å². The number of hydrogen-bond donors (Lipinski definition) is 1. The number of thiazole rings is 1. The van der Waals surface area contributed by atoms with E-state index in [1.165, 1.54) is 35.8 Å². The van der Waals surface area contributed by atoms with E-state index in [0.29, 0.717) is 5.13 Å². The maximum absolute atomic E-state index is 10.8. The van der Waals surface area contributed by atoms with Gasteiger partial charge in [-0.15, -0.1) is 0 Å². The lowest BCUT2D eigenvalue weighted by Crippen LogP contribution is -1.90. The van der Waals surface area contributed by atoms with Gasteiger partial charge in [-0.05, 0) is 13.0 Å². The predicted molar refractivity (Wildman–Crippen MR) is 94.3 cm³/mol. The smallest absolute Gasteiger partial charge is 0.270 e. The van der Waals surface area contributed by atoms with Crippen LogP contribution in [-0.2, 0) is 0 Å². The molecular weight excluding hydrogens is 326 g/mol. The van der Waals surface area contributed by atoms with Crippen molar-refractivity contribution < 1.29 is 10.0 Å². The van der Waals surface area contributed by atoms with E-state index in [1.807, 2.05) is 37.3 Å². The van der Waals surface area contributed by atoms with Gasteiger partial charge in [0, 0.05) is 34.4 Å². The summed E-state index contributed by atoms with van der Waals surface area (Å²) in [5.74, 6) is -0.0686. The number of hydrogen-bond acceptors (Lipinski definition) is 6. The van der Waals surface area contributed by atoms with Crippen molar-refractivity contribution in [2.45, 2.75) is 6.92 Å². The number of rotatable bonds is 4. The molecule has 0 fully saturated rings. The Morgan fingerprint density at radius 1 is 1.25 bits per heavy atom. The van der Waals surface area contributed by atoms with Crippen LogP contribution in [0.4, 0.5) is 10.8 Å². The molecule has 0 bridgehead atoms. The molecule has 2 aromatic carbocycles. The molecule has 0 aliphatic rings. The number of benzene rings is 2. The van der Waals surface area contributed by atoms with Gasteiger partial charge in [-0.2, -0.15) is 0 Å². The topological polar surface area (TPSA) is 88.6 Å². The molecule has 24 heavy (non-hydrogen) atoms. The Morgan fingerprint density at radius 2 is 2.00 bits per heavy atom. The number of aryl methyl sites for hydroxylation is 1. The molecule has 0 unspecified atom stereocenters. The summed E-state index contributed by atoms with van der Waals surface area (Å²) in [6.45, 7) is 1.96. The summed E-state index contributed by atoms with van der Waals surface area (Å²) in [5, 5.41) is 21.1. The fourth-order valence-corrected chi connectivity index (χ4v) is 2.96. The number of nitro benzene ring substituents is 1. The largest absolute Gasteiger partial charge is 0.507 e. The van der Waals surface area contributed by atoms with Gasteiger partial charge in [0.05, 0.1) is 10.6 Å². The van der Waals surface area contributed by atoms with E-state index in [9.17, 15) is 15.2 Å². The minimum absolute atomic E-state index is 0.0686. The first-order valence-electron chi connectivity index (χ1n) is 7.09. The number of aromatic nitrogens is 1. The van der Waals surface area contributed by atoms with Gasteiger partial charge in [0.1, 0.15) is 5.75 Å². The Hall–Kier alpha value is -3.06. The monoisotopic (exact) mass is 339 g/mol. The van der Waals surface area contributed by atoms with Crippen LogP contribution in [-0.4, -0.2) is 21.2 Å². The molecule has 0 aliphatic heterocycles. The zero-order valence-corrected chi connectivity index (χ0v) is 13.5. The van der Waals surface area contributed by atoms with Crippen molar-refractivity contribution in [2.75, 3.05) is 0 Å². The highest BCUT2D eigenvalue weighted by Gasteiger charge is 2.11. The first-order valence-corrected chi connectivity index (χ1v) is 7.90. The summed E-state index contributed by atoms with van der Waals surface area (Å²) in [4.78, 5) is 20.1. The van der Waals surface area contributed by atoms with Crippen molar-refractivity contribution in [1.82, 2.24) is 4.98 Å². The molecule has 120 valence electrons. The molecule has 0 saturated heterocycles. The van der Waals surface area contributed by atoms with Gasteiger partial charge >= 0.3 is 0 Å². The molecule has 0 spiro atoms. The van der Waals surface area contributed by atoms with Gasteiger partial charge in [0.2, 0.25) is 5.13 Å². The van der Waals surface area contributed by atoms with Crippen molar-refractivity contribution in [3.05, 3.63) is 69.1 Å². The third kappa shape index (κ3) is 3.31. The zero-order valence-electron chi connectivity index (χ0n) is 12.7. The van der Waals surface area contributed by atoms with Gasteiger partial charge in [-0.3, -0.25) is 10.1 Å². The van der Waals surface area contributed by atoms with Crippen LogP contribution in [0.3, 0.4) is 0 Å². The fraction of sp³-hybridized carbons (Fsp3) is 0.0588. The van der Waals surface area contributed by atoms with Gasteiger partial charge in [-0.1, -0.05) is 41.7 Å². The standard InChI is InChI=1S/C17H13N3O3S/c1-11-16(12-5-3-2-4-6-12)19-17(24-11)18-10-13-9-14(20(22)23)7-8-15(13)21/h2-10,21H,1H3/b18-10+. The van der Waals surface area contributed by atoms with Crippen LogP contribution in [0.2, 0.25) is 0 Å². The molecule has 1 N–H and O–H groups in total. The number of nitro groups is 1. The molecule has 0 aliphatic carbocycles. The lowest BCUT2D eigenvalue weighted by molar-refractivity contribution is -0.384. The normalized spacial score (nSPS) is 11.0. The second-order valence-electron chi connectivity index (χ2n) is 5.03. The third-order valence-electron chi connectivity index (χ3n) is 3.37. The SMILES string of the molecule is Cc1sc(/N=C/c2cc([N+](=O)[O-])ccc2O)nc1-c1ccccc1. The van der Waals surface area contributed by atoms with Gasteiger partial charge in [0.15, 0.2) is 0 Å². The highest BCUT2D eigenvalue weighted by atomic mass is 32.1. The molecule has 0 atom stereocenters. The van der Waals surface area contributed by atoms with Crippen LogP contribution in [0.1, 0.15) is 10.4 Å². The van der Waals surface area contributed by atoms with Crippen LogP contribution < -0.4 is 0 Å². The highest BCUT2D eigenvalue weighted by molar-refractivity contribution is 7.15. The molecule has 3 rings (SSSR count). The zero-order chi connectivity index (χ0) is 17.1. The molecule has 3 aromatic rings. The Morgan fingerprint density at radius 3 is 2.71 bits per heavy atom. The second-order valence-corrected chi connectivity index (χ2v) is 6.21. The summed E-state index contributed by atoms with van der Waals surface area (Å²) < 4.78 is 0. The van der Waals surface area contributed by atoms with Crippen molar-refractivity contribution in [2.24, 2.45) is 4.99 Å².